The summed E-state index contributed by atoms with van der Waals surface area (Å²) in [5, 5.41) is 12.4. The zero-order valence-corrected chi connectivity index (χ0v) is 17.5. The molecule has 4 rings (SSSR count). The van der Waals surface area contributed by atoms with E-state index in [9.17, 15) is 9.18 Å². The number of nitrogens with one attached hydrogen (secondary N) is 1. The number of Topliss-reactive ketones (excluding diaryl/α,β-unsaturated/α-hetero) is 1. The Labute approximate surface area is 175 Å². The van der Waals surface area contributed by atoms with Gasteiger partial charge in [-0.2, -0.15) is 0 Å². The summed E-state index contributed by atoms with van der Waals surface area (Å²) in [7, 11) is 0. The van der Waals surface area contributed by atoms with E-state index in [1.807, 2.05) is 6.07 Å². The SMILES string of the molecule is Cc1cccc(CSc2nnc(NCC(=O)c3oc4ccc(F)cc4c3C)s2)c1. The van der Waals surface area contributed by atoms with Crippen molar-refractivity contribution >= 4 is 45.0 Å². The summed E-state index contributed by atoms with van der Waals surface area (Å²) in [6.45, 7) is 3.85. The molecule has 0 saturated heterocycles. The summed E-state index contributed by atoms with van der Waals surface area (Å²) < 4.78 is 19.9. The second-order valence-electron chi connectivity index (χ2n) is 6.62. The number of carbonyl (C=O) groups excluding carboxylic acids is 1. The molecule has 0 amide bonds. The Balaban J connectivity index is 1.37. The molecule has 148 valence electrons. The molecule has 0 bridgehead atoms. The molecule has 2 heterocycles. The van der Waals surface area contributed by atoms with Crippen molar-refractivity contribution in [1.82, 2.24) is 10.2 Å². The van der Waals surface area contributed by atoms with E-state index in [2.05, 4.69) is 40.6 Å². The van der Waals surface area contributed by atoms with Crippen molar-refractivity contribution in [3.63, 3.8) is 0 Å². The molecular weight excluding hydrogens is 409 g/mol. The van der Waals surface area contributed by atoms with Crippen molar-refractivity contribution in [2.24, 2.45) is 0 Å². The minimum Gasteiger partial charge on any atom is -0.453 e. The van der Waals surface area contributed by atoms with Crippen molar-refractivity contribution in [2.45, 2.75) is 23.9 Å². The largest absolute Gasteiger partial charge is 0.453 e. The molecule has 0 saturated carbocycles. The lowest BCUT2D eigenvalue weighted by Gasteiger charge is -2.00. The predicted molar refractivity (Wildman–Crippen MR) is 114 cm³/mol. The monoisotopic (exact) mass is 427 g/mol. The van der Waals surface area contributed by atoms with Crippen LogP contribution in [0.2, 0.25) is 0 Å². The lowest BCUT2D eigenvalue weighted by Crippen LogP contribution is -2.14. The number of carbonyl (C=O) groups is 1. The van der Waals surface area contributed by atoms with Gasteiger partial charge in [0.15, 0.2) is 10.1 Å². The molecule has 0 aliphatic heterocycles. The fraction of sp³-hybridized carbons (Fsp3) is 0.190. The molecule has 2 aromatic heterocycles. The first-order valence-corrected chi connectivity index (χ1v) is 10.8. The fourth-order valence-electron chi connectivity index (χ4n) is 2.98. The number of benzene rings is 2. The molecule has 0 atom stereocenters. The van der Waals surface area contributed by atoms with E-state index in [0.29, 0.717) is 21.7 Å². The summed E-state index contributed by atoms with van der Waals surface area (Å²) in [6, 6.07) is 12.6. The topological polar surface area (TPSA) is 68.0 Å². The van der Waals surface area contributed by atoms with Gasteiger partial charge in [0, 0.05) is 16.7 Å². The summed E-state index contributed by atoms with van der Waals surface area (Å²) in [6.07, 6.45) is 0. The van der Waals surface area contributed by atoms with Crippen LogP contribution in [-0.4, -0.2) is 22.5 Å². The lowest BCUT2D eigenvalue weighted by molar-refractivity contribution is 0.0981. The smallest absolute Gasteiger partial charge is 0.217 e. The lowest BCUT2D eigenvalue weighted by atomic mass is 10.1. The van der Waals surface area contributed by atoms with Crippen LogP contribution >= 0.6 is 23.1 Å². The Morgan fingerprint density at radius 2 is 2.07 bits per heavy atom. The second kappa shape index (κ2) is 8.34. The molecule has 5 nitrogen and oxygen atoms in total. The van der Waals surface area contributed by atoms with Gasteiger partial charge in [0.2, 0.25) is 10.9 Å². The first-order chi connectivity index (χ1) is 14.0. The standard InChI is InChI=1S/C21H18FN3O2S2/c1-12-4-3-5-14(8-12)11-28-21-25-24-20(29-21)23-10-17(26)19-13(2)16-9-15(22)6-7-18(16)27-19/h3-9H,10-11H2,1-2H3,(H,23,24). The first-order valence-electron chi connectivity index (χ1n) is 8.97. The predicted octanol–water partition coefficient (Wildman–Crippen LogP) is 5.63. The van der Waals surface area contributed by atoms with Crippen LogP contribution in [0.3, 0.4) is 0 Å². The van der Waals surface area contributed by atoms with Gasteiger partial charge in [-0.1, -0.05) is 52.9 Å². The highest BCUT2D eigenvalue weighted by Gasteiger charge is 2.18. The number of thioether (sulfide) groups is 1. The minimum atomic E-state index is -0.358. The van der Waals surface area contributed by atoms with Crippen molar-refractivity contribution < 1.29 is 13.6 Å². The van der Waals surface area contributed by atoms with Gasteiger partial charge in [0.05, 0.1) is 6.54 Å². The molecule has 0 aliphatic carbocycles. The van der Waals surface area contributed by atoms with Gasteiger partial charge in [0.25, 0.3) is 0 Å². The van der Waals surface area contributed by atoms with Gasteiger partial charge >= 0.3 is 0 Å². The van der Waals surface area contributed by atoms with Crippen LogP contribution in [-0.2, 0) is 5.75 Å². The van der Waals surface area contributed by atoms with E-state index in [1.165, 1.54) is 40.7 Å². The maximum atomic E-state index is 13.4. The highest BCUT2D eigenvalue weighted by atomic mass is 32.2. The summed E-state index contributed by atoms with van der Waals surface area (Å²) in [4.78, 5) is 12.5. The van der Waals surface area contributed by atoms with Crippen LogP contribution in [0.1, 0.15) is 27.2 Å². The Hall–Kier alpha value is -2.71. The van der Waals surface area contributed by atoms with Crippen LogP contribution in [0.5, 0.6) is 0 Å². The Morgan fingerprint density at radius 1 is 1.21 bits per heavy atom. The third kappa shape index (κ3) is 4.49. The number of fused-ring (bicyclic) bond motifs is 1. The van der Waals surface area contributed by atoms with E-state index in [1.54, 1.807) is 18.7 Å². The number of aromatic nitrogens is 2. The zero-order chi connectivity index (χ0) is 20.4. The zero-order valence-electron chi connectivity index (χ0n) is 15.9. The van der Waals surface area contributed by atoms with Gasteiger partial charge in [0.1, 0.15) is 11.4 Å². The highest BCUT2D eigenvalue weighted by Crippen LogP contribution is 2.29. The number of hydrogen-bond donors (Lipinski definition) is 1. The quantitative estimate of drug-likeness (QED) is 0.305. The molecule has 1 N–H and O–H groups in total. The number of anilines is 1. The number of aryl methyl sites for hydroxylation is 2. The number of nitrogens with zero attached hydrogens (tertiary/aromatic N) is 2. The Morgan fingerprint density at radius 3 is 2.90 bits per heavy atom. The number of halogens is 1. The molecule has 0 spiro atoms. The van der Waals surface area contributed by atoms with Gasteiger partial charge in [-0.05, 0) is 37.6 Å². The van der Waals surface area contributed by atoms with Gasteiger partial charge in [-0.25, -0.2) is 4.39 Å². The van der Waals surface area contributed by atoms with Gasteiger partial charge < -0.3 is 9.73 Å². The van der Waals surface area contributed by atoms with Crippen molar-refractivity contribution in [2.75, 3.05) is 11.9 Å². The molecule has 0 aliphatic rings. The molecule has 0 radical (unpaired) electrons. The number of rotatable bonds is 7. The summed E-state index contributed by atoms with van der Waals surface area (Å²) in [5.74, 6) is 0.465. The van der Waals surface area contributed by atoms with E-state index in [-0.39, 0.29) is 23.9 Å². The van der Waals surface area contributed by atoms with Crippen molar-refractivity contribution in [3.05, 3.63) is 70.7 Å². The molecule has 29 heavy (non-hydrogen) atoms. The Kier molecular flexibility index (Phi) is 5.64. The van der Waals surface area contributed by atoms with E-state index in [0.717, 1.165) is 10.1 Å². The fourth-order valence-corrected chi connectivity index (χ4v) is 4.67. The third-order valence-electron chi connectivity index (χ3n) is 4.40. The maximum absolute atomic E-state index is 13.4. The van der Waals surface area contributed by atoms with Gasteiger partial charge in [-0.15, -0.1) is 10.2 Å². The number of furan rings is 1. The highest BCUT2D eigenvalue weighted by molar-refractivity contribution is 8.00. The number of hydrogen-bond acceptors (Lipinski definition) is 7. The van der Waals surface area contributed by atoms with Crippen LogP contribution in [0.4, 0.5) is 9.52 Å². The second-order valence-corrected chi connectivity index (χ2v) is 8.82. The molecule has 0 unspecified atom stereocenters. The average molecular weight is 428 g/mol. The Bertz CT molecular complexity index is 1190. The van der Waals surface area contributed by atoms with Gasteiger partial charge in [-0.3, -0.25) is 4.79 Å². The van der Waals surface area contributed by atoms with E-state index in [4.69, 9.17) is 4.42 Å². The molecule has 2 aromatic carbocycles. The summed E-state index contributed by atoms with van der Waals surface area (Å²) >= 11 is 3.01. The molecule has 8 heteroatoms. The normalized spacial score (nSPS) is 11.1. The van der Waals surface area contributed by atoms with E-state index < -0.39 is 0 Å². The van der Waals surface area contributed by atoms with Crippen molar-refractivity contribution in [3.8, 4) is 0 Å². The number of ketones is 1. The average Bonchev–Trinajstić information content (AvgIpc) is 3.29. The maximum Gasteiger partial charge on any atom is 0.217 e. The first kappa shape index (κ1) is 19.6. The summed E-state index contributed by atoms with van der Waals surface area (Å²) in [5.41, 5.74) is 3.59. The van der Waals surface area contributed by atoms with E-state index >= 15 is 0 Å². The van der Waals surface area contributed by atoms with Crippen LogP contribution in [0, 0.1) is 19.7 Å². The molecular formula is C21H18FN3O2S2. The third-order valence-corrected chi connectivity index (χ3v) is 6.49. The molecule has 4 aromatic rings. The van der Waals surface area contributed by atoms with Crippen LogP contribution < -0.4 is 5.32 Å². The minimum absolute atomic E-state index is 0.0281. The molecule has 0 fully saturated rings. The van der Waals surface area contributed by atoms with Crippen LogP contribution in [0.25, 0.3) is 11.0 Å². The van der Waals surface area contributed by atoms with Crippen molar-refractivity contribution in [1.29, 1.82) is 0 Å². The van der Waals surface area contributed by atoms with Crippen LogP contribution in [0.15, 0.2) is 51.2 Å².